The van der Waals surface area contributed by atoms with E-state index in [0.717, 1.165) is 19.4 Å². The van der Waals surface area contributed by atoms with Crippen LogP contribution in [-0.2, 0) is 0 Å². The Bertz CT molecular complexity index is 173. The molecule has 0 bridgehead atoms. The van der Waals surface area contributed by atoms with Crippen molar-refractivity contribution in [3.8, 4) is 6.07 Å². The van der Waals surface area contributed by atoms with E-state index in [-0.39, 0.29) is 6.04 Å². The van der Waals surface area contributed by atoms with Gasteiger partial charge in [-0.15, -0.1) is 0 Å². The van der Waals surface area contributed by atoms with E-state index in [4.69, 9.17) is 11.0 Å². The van der Waals surface area contributed by atoms with E-state index in [1.807, 2.05) is 0 Å². The van der Waals surface area contributed by atoms with Crippen LogP contribution in [0.5, 0.6) is 0 Å². The zero-order valence-corrected chi connectivity index (χ0v) is 7.66. The summed E-state index contributed by atoms with van der Waals surface area (Å²) < 4.78 is 0. The van der Waals surface area contributed by atoms with Crippen molar-refractivity contribution < 1.29 is 0 Å². The van der Waals surface area contributed by atoms with Gasteiger partial charge >= 0.3 is 0 Å². The fraction of sp³-hybridized carbons (Fsp3) is 0.889. The van der Waals surface area contributed by atoms with Crippen molar-refractivity contribution in [3.63, 3.8) is 0 Å². The van der Waals surface area contributed by atoms with Crippen LogP contribution in [0.1, 0.15) is 26.2 Å². The molecule has 1 fully saturated rings. The number of nitrogens with two attached hydrogens (primary N) is 1. The Hall–Kier alpha value is -0.590. The summed E-state index contributed by atoms with van der Waals surface area (Å²) in [6, 6.07) is 2.87. The molecule has 0 aromatic rings. The van der Waals surface area contributed by atoms with Crippen molar-refractivity contribution in [2.75, 3.05) is 13.1 Å². The average Bonchev–Trinajstić information content (AvgIpc) is 2.55. The van der Waals surface area contributed by atoms with Crippen LogP contribution >= 0.6 is 0 Å². The molecule has 1 heterocycles. The molecule has 1 aliphatic rings. The molecule has 0 saturated carbocycles. The first-order chi connectivity index (χ1) is 5.83. The number of likely N-dealkylation sites (tertiary alicyclic amines) is 1. The maximum Gasteiger partial charge on any atom is 0.0978 e. The molecule has 0 amide bonds. The van der Waals surface area contributed by atoms with Gasteiger partial charge in [0.1, 0.15) is 0 Å². The summed E-state index contributed by atoms with van der Waals surface area (Å²) in [6.45, 7) is 3.80. The van der Waals surface area contributed by atoms with E-state index in [2.05, 4.69) is 17.9 Å². The minimum Gasteiger partial charge on any atom is -0.329 e. The molecule has 0 spiro atoms. The molecule has 2 N–H and O–H groups in total. The lowest BCUT2D eigenvalue weighted by Gasteiger charge is -2.26. The van der Waals surface area contributed by atoms with E-state index < -0.39 is 0 Å². The highest BCUT2D eigenvalue weighted by Gasteiger charge is 2.28. The highest BCUT2D eigenvalue weighted by Crippen LogP contribution is 2.20. The molecule has 1 rings (SSSR count). The Kier molecular flexibility index (Phi) is 3.51. The Balaban J connectivity index is 2.54. The van der Waals surface area contributed by atoms with Gasteiger partial charge in [-0.2, -0.15) is 5.26 Å². The predicted molar refractivity (Wildman–Crippen MR) is 48.5 cm³/mol. The lowest BCUT2D eigenvalue weighted by Crippen LogP contribution is -2.41. The standard InChI is InChI=1S/C9H17N3/c1-2-8(6-10)12-5-3-4-9(12)7-11/h8-9H,2-5,7,11H2,1H3. The largest absolute Gasteiger partial charge is 0.329 e. The predicted octanol–water partition coefficient (Wildman–Crippen LogP) is 0.712. The molecule has 2 atom stereocenters. The lowest BCUT2D eigenvalue weighted by molar-refractivity contribution is 0.215. The van der Waals surface area contributed by atoms with Gasteiger partial charge in [-0.3, -0.25) is 4.90 Å². The van der Waals surface area contributed by atoms with Gasteiger partial charge in [0.2, 0.25) is 0 Å². The SMILES string of the molecule is CCC(C#N)N1CCCC1CN. The van der Waals surface area contributed by atoms with Crippen molar-refractivity contribution in [2.24, 2.45) is 5.73 Å². The fourth-order valence-electron chi connectivity index (χ4n) is 1.92. The number of hydrogen-bond acceptors (Lipinski definition) is 3. The summed E-state index contributed by atoms with van der Waals surface area (Å²) in [7, 11) is 0. The van der Waals surface area contributed by atoms with Gasteiger partial charge in [0.25, 0.3) is 0 Å². The van der Waals surface area contributed by atoms with Gasteiger partial charge in [0, 0.05) is 12.6 Å². The Morgan fingerprint density at radius 3 is 3.00 bits per heavy atom. The molecule has 1 aliphatic heterocycles. The summed E-state index contributed by atoms with van der Waals surface area (Å²) in [5.41, 5.74) is 5.62. The molecule has 3 heteroatoms. The summed E-state index contributed by atoms with van der Waals surface area (Å²) >= 11 is 0. The summed E-state index contributed by atoms with van der Waals surface area (Å²) in [6.07, 6.45) is 3.27. The van der Waals surface area contributed by atoms with Crippen molar-refractivity contribution in [3.05, 3.63) is 0 Å². The summed E-state index contributed by atoms with van der Waals surface area (Å²) in [4.78, 5) is 2.25. The fourth-order valence-corrected chi connectivity index (χ4v) is 1.92. The Morgan fingerprint density at radius 1 is 1.75 bits per heavy atom. The number of hydrogen-bond donors (Lipinski definition) is 1. The highest BCUT2D eigenvalue weighted by atomic mass is 15.2. The molecule has 0 radical (unpaired) electrons. The second-order valence-corrected chi connectivity index (χ2v) is 3.32. The molecule has 1 saturated heterocycles. The molecule has 0 aromatic carbocycles. The van der Waals surface area contributed by atoms with Gasteiger partial charge in [-0.25, -0.2) is 0 Å². The second kappa shape index (κ2) is 4.44. The number of nitrogens with zero attached hydrogens (tertiary/aromatic N) is 2. The van der Waals surface area contributed by atoms with Crippen molar-refractivity contribution >= 4 is 0 Å². The number of rotatable bonds is 3. The van der Waals surface area contributed by atoms with Crippen LogP contribution in [0.25, 0.3) is 0 Å². The van der Waals surface area contributed by atoms with E-state index in [1.165, 1.54) is 6.42 Å². The first kappa shape index (κ1) is 9.50. The van der Waals surface area contributed by atoms with E-state index >= 15 is 0 Å². The normalized spacial score (nSPS) is 26.9. The third kappa shape index (κ3) is 1.77. The minimum absolute atomic E-state index is 0.0843. The zero-order chi connectivity index (χ0) is 8.97. The van der Waals surface area contributed by atoms with Crippen LogP contribution in [0.4, 0.5) is 0 Å². The smallest absolute Gasteiger partial charge is 0.0978 e. The molecule has 3 nitrogen and oxygen atoms in total. The zero-order valence-electron chi connectivity index (χ0n) is 7.66. The maximum atomic E-state index is 8.87. The van der Waals surface area contributed by atoms with Gasteiger partial charge in [-0.05, 0) is 25.8 Å². The summed E-state index contributed by atoms with van der Waals surface area (Å²) in [5, 5.41) is 8.87. The van der Waals surface area contributed by atoms with Gasteiger partial charge in [-0.1, -0.05) is 6.92 Å². The van der Waals surface area contributed by atoms with Crippen LogP contribution < -0.4 is 5.73 Å². The number of nitriles is 1. The molecule has 12 heavy (non-hydrogen) atoms. The molecule has 0 aromatic heterocycles. The Labute approximate surface area is 74.1 Å². The third-order valence-electron chi connectivity index (χ3n) is 2.63. The third-order valence-corrected chi connectivity index (χ3v) is 2.63. The second-order valence-electron chi connectivity index (χ2n) is 3.32. The van der Waals surface area contributed by atoms with Crippen molar-refractivity contribution in [1.82, 2.24) is 4.90 Å². The molecule has 2 unspecified atom stereocenters. The van der Waals surface area contributed by atoms with E-state index in [0.29, 0.717) is 12.6 Å². The highest BCUT2D eigenvalue weighted by molar-refractivity contribution is 4.96. The lowest BCUT2D eigenvalue weighted by atomic mass is 10.1. The van der Waals surface area contributed by atoms with Crippen LogP contribution in [0.3, 0.4) is 0 Å². The van der Waals surface area contributed by atoms with E-state index in [9.17, 15) is 0 Å². The van der Waals surface area contributed by atoms with Crippen LogP contribution in [-0.4, -0.2) is 30.1 Å². The van der Waals surface area contributed by atoms with Crippen LogP contribution in [0, 0.1) is 11.3 Å². The molecule has 68 valence electrons. The first-order valence-electron chi connectivity index (χ1n) is 4.69. The maximum absolute atomic E-state index is 8.87. The van der Waals surface area contributed by atoms with E-state index in [1.54, 1.807) is 0 Å². The summed E-state index contributed by atoms with van der Waals surface area (Å²) in [5.74, 6) is 0. The molecular weight excluding hydrogens is 150 g/mol. The Morgan fingerprint density at radius 2 is 2.50 bits per heavy atom. The monoisotopic (exact) mass is 167 g/mol. The minimum atomic E-state index is 0.0843. The average molecular weight is 167 g/mol. The topological polar surface area (TPSA) is 53.0 Å². The first-order valence-corrected chi connectivity index (χ1v) is 4.69. The molecular formula is C9H17N3. The molecule has 0 aliphatic carbocycles. The van der Waals surface area contributed by atoms with Crippen molar-refractivity contribution in [1.29, 1.82) is 5.26 Å². The van der Waals surface area contributed by atoms with Gasteiger partial charge in [0.05, 0.1) is 12.1 Å². The van der Waals surface area contributed by atoms with Gasteiger partial charge in [0.15, 0.2) is 0 Å². The quantitative estimate of drug-likeness (QED) is 0.673. The van der Waals surface area contributed by atoms with Crippen LogP contribution in [0.2, 0.25) is 0 Å². The van der Waals surface area contributed by atoms with Gasteiger partial charge < -0.3 is 5.73 Å². The van der Waals surface area contributed by atoms with Crippen LogP contribution in [0.15, 0.2) is 0 Å². The van der Waals surface area contributed by atoms with Crippen molar-refractivity contribution in [2.45, 2.75) is 38.3 Å².